The van der Waals surface area contributed by atoms with E-state index in [1.165, 1.54) is 37.9 Å². The summed E-state index contributed by atoms with van der Waals surface area (Å²) >= 11 is 0. The van der Waals surface area contributed by atoms with E-state index in [1.807, 2.05) is 17.0 Å². The van der Waals surface area contributed by atoms with Crippen molar-refractivity contribution in [2.24, 2.45) is 5.41 Å². The minimum Gasteiger partial charge on any atom is -0.381 e. The predicted octanol–water partition coefficient (Wildman–Crippen LogP) is 2.54. The second-order valence-corrected chi connectivity index (χ2v) is 7.50. The van der Waals surface area contributed by atoms with Gasteiger partial charge < -0.3 is 9.64 Å². The summed E-state index contributed by atoms with van der Waals surface area (Å²) < 4.78 is 5.50. The summed E-state index contributed by atoms with van der Waals surface area (Å²) in [6, 6.07) is 8.22. The molecule has 1 aromatic rings. The summed E-state index contributed by atoms with van der Waals surface area (Å²) in [7, 11) is 0. The van der Waals surface area contributed by atoms with Crippen molar-refractivity contribution in [1.82, 2.24) is 9.80 Å². The van der Waals surface area contributed by atoms with Gasteiger partial charge in [-0.1, -0.05) is 18.6 Å². The third-order valence-corrected chi connectivity index (χ3v) is 5.55. The molecule has 0 atom stereocenters. The first-order valence-corrected chi connectivity index (χ1v) is 8.93. The molecule has 0 aliphatic carbocycles. The Morgan fingerprint density at radius 3 is 2.74 bits per heavy atom. The topological polar surface area (TPSA) is 32.8 Å². The van der Waals surface area contributed by atoms with E-state index in [9.17, 15) is 4.79 Å². The fraction of sp³-hybridized carbons (Fsp3) is 0.632. The molecular weight excluding hydrogens is 288 g/mol. The molecule has 0 saturated carbocycles. The number of ether oxygens (including phenoxy) is 1. The molecule has 4 heteroatoms. The Hall–Kier alpha value is -1.39. The highest BCUT2D eigenvalue weighted by atomic mass is 16.5. The minimum absolute atomic E-state index is 0.183. The van der Waals surface area contributed by atoms with E-state index in [4.69, 9.17) is 4.74 Å². The zero-order valence-electron chi connectivity index (χ0n) is 13.8. The van der Waals surface area contributed by atoms with Crippen LogP contribution >= 0.6 is 0 Å². The van der Waals surface area contributed by atoms with Gasteiger partial charge in [-0.3, -0.25) is 9.69 Å². The van der Waals surface area contributed by atoms with E-state index in [1.54, 1.807) is 0 Å². The van der Waals surface area contributed by atoms with Crippen LogP contribution in [0.25, 0.3) is 0 Å². The Kier molecular flexibility index (Phi) is 4.12. The smallest absolute Gasteiger partial charge is 0.253 e. The lowest BCUT2D eigenvalue weighted by Gasteiger charge is -2.47. The van der Waals surface area contributed by atoms with Crippen molar-refractivity contribution < 1.29 is 9.53 Å². The van der Waals surface area contributed by atoms with E-state index in [2.05, 4.69) is 17.0 Å². The molecule has 0 radical (unpaired) electrons. The van der Waals surface area contributed by atoms with E-state index >= 15 is 0 Å². The molecule has 1 spiro atoms. The molecule has 4 rings (SSSR count). The van der Waals surface area contributed by atoms with Crippen LogP contribution in [-0.4, -0.2) is 55.1 Å². The Bertz CT molecular complexity index is 566. The van der Waals surface area contributed by atoms with Gasteiger partial charge in [-0.05, 0) is 50.0 Å². The summed E-state index contributed by atoms with van der Waals surface area (Å²) in [5, 5.41) is 0. The first-order valence-electron chi connectivity index (χ1n) is 8.93. The zero-order chi connectivity index (χ0) is 15.7. The van der Waals surface area contributed by atoms with Crippen LogP contribution in [0, 0.1) is 5.41 Å². The fourth-order valence-corrected chi connectivity index (χ4v) is 4.17. The van der Waals surface area contributed by atoms with Gasteiger partial charge in [-0.15, -0.1) is 0 Å². The summed E-state index contributed by atoms with van der Waals surface area (Å²) in [6.07, 6.45) is 5.06. The van der Waals surface area contributed by atoms with Crippen molar-refractivity contribution >= 4 is 5.91 Å². The number of benzene rings is 1. The van der Waals surface area contributed by atoms with Crippen LogP contribution in [0.5, 0.6) is 0 Å². The van der Waals surface area contributed by atoms with E-state index in [-0.39, 0.29) is 11.3 Å². The molecule has 3 heterocycles. The molecule has 0 aromatic heterocycles. The molecule has 0 N–H and O–H groups in total. The average Bonchev–Trinajstić information content (AvgIpc) is 3.04. The van der Waals surface area contributed by atoms with Gasteiger partial charge in [0.25, 0.3) is 5.91 Å². The molecule has 1 amide bonds. The van der Waals surface area contributed by atoms with Crippen LogP contribution in [0.15, 0.2) is 24.3 Å². The van der Waals surface area contributed by atoms with Crippen molar-refractivity contribution in [2.45, 2.75) is 32.2 Å². The van der Waals surface area contributed by atoms with Crippen molar-refractivity contribution in [3.8, 4) is 0 Å². The minimum atomic E-state index is 0.183. The lowest BCUT2D eigenvalue weighted by atomic mass is 9.79. The third-order valence-electron chi connectivity index (χ3n) is 5.55. The summed E-state index contributed by atoms with van der Waals surface area (Å²) in [6.45, 7) is 6.75. The SMILES string of the molecule is O=C(c1cccc(CN2CCCCC2)c1)N1CC2(CCOC2)C1. The standard InChI is InChI=1S/C19H26N2O2/c22-18(21-13-19(14-21)7-10-23-15-19)17-6-4-5-16(11-17)12-20-8-2-1-3-9-20/h4-6,11H,1-3,7-10,12-15H2. The second-order valence-electron chi connectivity index (χ2n) is 7.50. The average molecular weight is 314 g/mol. The van der Waals surface area contributed by atoms with Crippen LogP contribution in [0.4, 0.5) is 0 Å². The number of likely N-dealkylation sites (tertiary alicyclic amines) is 2. The summed E-state index contributed by atoms with van der Waals surface area (Å²) in [5.74, 6) is 0.183. The van der Waals surface area contributed by atoms with Crippen molar-refractivity contribution in [3.05, 3.63) is 35.4 Å². The van der Waals surface area contributed by atoms with Gasteiger partial charge in [0.2, 0.25) is 0 Å². The Labute approximate surface area is 138 Å². The summed E-state index contributed by atoms with van der Waals surface area (Å²) in [5.41, 5.74) is 2.37. The first kappa shape index (κ1) is 15.2. The number of nitrogens with zero attached hydrogens (tertiary/aromatic N) is 2. The van der Waals surface area contributed by atoms with Crippen LogP contribution < -0.4 is 0 Å². The molecule has 3 fully saturated rings. The number of carbonyl (C=O) groups is 1. The number of carbonyl (C=O) groups excluding carboxylic acids is 1. The molecule has 0 unspecified atom stereocenters. The molecule has 23 heavy (non-hydrogen) atoms. The Morgan fingerprint density at radius 1 is 1.17 bits per heavy atom. The molecule has 3 saturated heterocycles. The van der Waals surface area contributed by atoms with Crippen LogP contribution in [0.2, 0.25) is 0 Å². The number of amides is 1. The highest BCUT2D eigenvalue weighted by Gasteiger charge is 2.47. The van der Waals surface area contributed by atoms with Gasteiger partial charge in [0.05, 0.1) is 6.61 Å². The maximum absolute atomic E-state index is 12.7. The lowest BCUT2D eigenvalue weighted by molar-refractivity contribution is 0.000351. The van der Waals surface area contributed by atoms with Crippen molar-refractivity contribution in [3.63, 3.8) is 0 Å². The molecule has 4 nitrogen and oxygen atoms in total. The lowest BCUT2D eigenvalue weighted by Crippen LogP contribution is -2.58. The predicted molar refractivity (Wildman–Crippen MR) is 89.3 cm³/mol. The largest absolute Gasteiger partial charge is 0.381 e. The van der Waals surface area contributed by atoms with E-state index in [0.717, 1.165) is 44.8 Å². The second kappa shape index (κ2) is 6.25. The van der Waals surface area contributed by atoms with Crippen LogP contribution in [0.3, 0.4) is 0 Å². The van der Waals surface area contributed by atoms with E-state index in [0.29, 0.717) is 0 Å². The van der Waals surface area contributed by atoms with E-state index < -0.39 is 0 Å². The summed E-state index contributed by atoms with van der Waals surface area (Å²) in [4.78, 5) is 17.2. The van der Waals surface area contributed by atoms with Gasteiger partial charge in [0.1, 0.15) is 0 Å². The zero-order valence-corrected chi connectivity index (χ0v) is 13.8. The normalized spacial score (nSPS) is 23.9. The van der Waals surface area contributed by atoms with Gasteiger partial charge in [-0.25, -0.2) is 0 Å². The molecule has 1 aromatic carbocycles. The number of hydrogen-bond acceptors (Lipinski definition) is 3. The maximum atomic E-state index is 12.7. The molecule has 124 valence electrons. The number of piperidine rings is 1. The number of rotatable bonds is 3. The van der Waals surface area contributed by atoms with Crippen LogP contribution in [0.1, 0.15) is 41.6 Å². The number of hydrogen-bond donors (Lipinski definition) is 0. The molecule has 3 aliphatic heterocycles. The van der Waals surface area contributed by atoms with Crippen molar-refractivity contribution in [1.29, 1.82) is 0 Å². The van der Waals surface area contributed by atoms with Gasteiger partial charge in [0.15, 0.2) is 0 Å². The van der Waals surface area contributed by atoms with Crippen molar-refractivity contribution in [2.75, 3.05) is 39.4 Å². The molecule has 0 bridgehead atoms. The first-order chi connectivity index (χ1) is 11.2. The maximum Gasteiger partial charge on any atom is 0.253 e. The molecular formula is C19H26N2O2. The fourth-order valence-electron chi connectivity index (χ4n) is 4.17. The monoisotopic (exact) mass is 314 g/mol. The quantitative estimate of drug-likeness (QED) is 0.859. The van der Waals surface area contributed by atoms with Gasteiger partial charge >= 0.3 is 0 Å². The Balaban J connectivity index is 1.38. The van der Waals surface area contributed by atoms with Gasteiger partial charge in [0, 0.05) is 37.2 Å². The molecule has 3 aliphatic rings. The highest BCUT2D eigenvalue weighted by Crippen LogP contribution is 2.38. The third kappa shape index (κ3) is 3.15. The van der Waals surface area contributed by atoms with Gasteiger partial charge in [-0.2, -0.15) is 0 Å². The highest BCUT2D eigenvalue weighted by molar-refractivity contribution is 5.95. The van der Waals surface area contributed by atoms with Crippen LogP contribution in [-0.2, 0) is 11.3 Å². The Morgan fingerprint density at radius 2 is 2.00 bits per heavy atom.